The summed E-state index contributed by atoms with van der Waals surface area (Å²) in [5, 5.41) is 8.63. The molecule has 0 saturated heterocycles. The third kappa shape index (κ3) is 3.05. The van der Waals surface area contributed by atoms with Crippen molar-refractivity contribution in [1.29, 1.82) is 0 Å². The number of ether oxygens (including phenoxy) is 1. The maximum absolute atomic E-state index is 10.5. The predicted molar refractivity (Wildman–Crippen MR) is 51.3 cm³/mol. The molecule has 0 aliphatic carbocycles. The van der Waals surface area contributed by atoms with Crippen molar-refractivity contribution in [1.82, 2.24) is 4.98 Å². The van der Waals surface area contributed by atoms with Gasteiger partial charge in [0.25, 0.3) is 0 Å². The Morgan fingerprint density at radius 1 is 1.64 bits per heavy atom. The molecule has 0 radical (unpaired) electrons. The van der Waals surface area contributed by atoms with Gasteiger partial charge in [-0.15, -0.1) is 0 Å². The van der Waals surface area contributed by atoms with Crippen molar-refractivity contribution in [2.24, 2.45) is 0 Å². The Morgan fingerprint density at radius 3 is 2.93 bits per heavy atom. The summed E-state index contributed by atoms with van der Waals surface area (Å²) in [7, 11) is 0. The van der Waals surface area contributed by atoms with Gasteiger partial charge in [-0.2, -0.15) is 0 Å². The molecule has 76 valence electrons. The van der Waals surface area contributed by atoms with E-state index in [-0.39, 0.29) is 12.5 Å². The van der Waals surface area contributed by atoms with Crippen molar-refractivity contribution in [3.8, 4) is 5.75 Å². The fourth-order valence-electron chi connectivity index (χ4n) is 1.06. The number of hydrogen-bond donors (Lipinski definition) is 1. The first-order chi connectivity index (χ1) is 6.59. The molecule has 1 heterocycles. The molecule has 0 aliphatic heterocycles. The van der Waals surface area contributed by atoms with Crippen LogP contribution in [0.25, 0.3) is 0 Å². The highest BCUT2D eigenvalue weighted by molar-refractivity contribution is 5.70. The largest absolute Gasteiger partial charge is 0.489 e. The molecule has 0 fully saturated rings. The minimum absolute atomic E-state index is 0.0201. The van der Waals surface area contributed by atoms with Gasteiger partial charge >= 0.3 is 5.97 Å². The first-order valence-electron chi connectivity index (χ1n) is 4.42. The third-order valence-electron chi connectivity index (χ3n) is 1.53. The maximum atomic E-state index is 10.5. The zero-order chi connectivity index (χ0) is 10.6. The molecule has 0 bridgehead atoms. The first kappa shape index (κ1) is 10.5. The van der Waals surface area contributed by atoms with E-state index in [1.165, 1.54) is 0 Å². The van der Waals surface area contributed by atoms with Crippen LogP contribution in [0.5, 0.6) is 5.75 Å². The first-order valence-corrected chi connectivity index (χ1v) is 4.42. The number of hydrogen-bond acceptors (Lipinski definition) is 3. The molecule has 0 spiro atoms. The number of carboxylic acid groups (broad SMARTS) is 1. The molecule has 0 aromatic carbocycles. The average Bonchev–Trinajstić information content (AvgIpc) is 2.06. The molecule has 1 aromatic heterocycles. The number of carboxylic acids is 1. The second kappa shape index (κ2) is 4.60. The second-order valence-electron chi connectivity index (χ2n) is 3.19. The molecule has 1 rings (SSSR count). The molecule has 0 atom stereocenters. The Labute approximate surface area is 82.5 Å². The highest BCUT2D eigenvalue weighted by Crippen LogP contribution is 2.17. The predicted octanol–water partition coefficient (Wildman–Crippen LogP) is 1.50. The average molecular weight is 195 g/mol. The summed E-state index contributed by atoms with van der Waals surface area (Å²) >= 11 is 0. The van der Waals surface area contributed by atoms with Gasteiger partial charge < -0.3 is 9.84 Å². The van der Waals surface area contributed by atoms with Crippen molar-refractivity contribution in [2.75, 3.05) is 0 Å². The molecular formula is C10H13NO3. The number of rotatable bonds is 4. The van der Waals surface area contributed by atoms with Crippen LogP contribution >= 0.6 is 0 Å². The number of pyridine rings is 1. The van der Waals surface area contributed by atoms with E-state index in [1.807, 2.05) is 13.8 Å². The van der Waals surface area contributed by atoms with E-state index in [4.69, 9.17) is 9.84 Å². The van der Waals surface area contributed by atoms with Gasteiger partial charge in [0.05, 0.1) is 18.2 Å². The van der Waals surface area contributed by atoms with Gasteiger partial charge in [0, 0.05) is 6.20 Å². The van der Waals surface area contributed by atoms with Gasteiger partial charge in [0.1, 0.15) is 5.75 Å². The smallest absolute Gasteiger partial charge is 0.309 e. The van der Waals surface area contributed by atoms with Crippen LogP contribution in [0.4, 0.5) is 0 Å². The van der Waals surface area contributed by atoms with E-state index in [9.17, 15) is 4.79 Å². The van der Waals surface area contributed by atoms with Crippen LogP contribution in [0.2, 0.25) is 0 Å². The SMILES string of the molecule is CC(C)Oc1cccnc1CC(=O)O. The Balaban J connectivity index is 2.85. The van der Waals surface area contributed by atoms with E-state index in [0.29, 0.717) is 11.4 Å². The lowest BCUT2D eigenvalue weighted by Crippen LogP contribution is -2.10. The molecular weight excluding hydrogens is 182 g/mol. The Kier molecular flexibility index (Phi) is 3.45. The maximum Gasteiger partial charge on any atom is 0.309 e. The van der Waals surface area contributed by atoms with Crippen molar-refractivity contribution >= 4 is 5.97 Å². The van der Waals surface area contributed by atoms with E-state index in [0.717, 1.165) is 0 Å². The van der Waals surface area contributed by atoms with E-state index >= 15 is 0 Å². The Hall–Kier alpha value is -1.58. The standard InChI is InChI=1S/C10H13NO3/c1-7(2)14-9-4-3-5-11-8(9)6-10(12)13/h3-5,7H,6H2,1-2H3,(H,12,13). The molecule has 0 saturated carbocycles. The van der Waals surface area contributed by atoms with Crippen molar-refractivity contribution in [3.05, 3.63) is 24.0 Å². The number of aliphatic carboxylic acids is 1. The van der Waals surface area contributed by atoms with Crippen molar-refractivity contribution in [3.63, 3.8) is 0 Å². The Morgan fingerprint density at radius 2 is 2.36 bits per heavy atom. The lowest BCUT2D eigenvalue weighted by molar-refractivity contribution is -0.136. The third-order valence-corrected chi connectivity index (χ3v) is 1.53. The van der Waals surface area contributed by atoms with Gasteiger partial charge in [-0.05, 0) is 26.0 Å². The fraction of sp³-hybridized carbons (Fsp3) is 0.400. The molecule has 1 aromatic rings. The van der Waals surface area contributed by atoms with Crippen LogP contribution in [-0.4, -0.2) is 22.2 Å². The minimum Gasteiger partial charge on any atom is -0.489 e. The normalized spacial score (nSPS) is 10.2. The Bertz CT molecular complexity index is 323. The van der Waals surface area contributed by atoms with Gasteiger partial charge in [-0.25, -0.2) is 0 Å². The van der Waals surface area contributed by atoms with Crippen LogP contribution in [-0.2, 0) is 11.2 Å². The van der Waals surface area contributed by atoms with Gasteiger partial charge in [-0.3, -0.25) is 9.78 Å². The van der Waals surface area contributed by atoms with Crippen LogP contribution < -0.4 is 4.74 Å². The molecule has 0 aliphatic rings. The quantitative estimate of drug-likeness (QED) is 0.790. The molecule has 0 unspecified atom stereocenters. The number of aromatic nitrogens is 1. The minimum atomic E-state index is -0.905. The molecule has 4 heteroatoms. The second-order valence-corrected chi connectivity index (χ2v) is 3.19. The monoisotopic (exact) mass is 195 g/mol. The fourth-order valence-corrected chi connectivity index (χ4v) is 1.06. The van der Waals surface area contributed by atoms with E-state index in [1.54, 1.807) is 18.3 Å². The van der Waals surface area contributed by atoms with E-state index in [2.05, 4.69) is 4.98 Å². The van der Waals surface area contributed by atoms with Gasteiger partial charge in [-0.1, -0.05) is 0 Å². The van der Waals surface area contributed by atoms with Gasteiger partial charge in [0.15, 0.2) is 0 Å². The van der Waals surface area contributed by atoms with Crippen LogP contribution in [0.15, 0.2) is 18.3 Å². The summed E-state index contributed by atoms with van der Waals surface area (Å²) in [6, 6.07) is 3.45. The summed E-state index contributed by atoms with van der Waals surface area (Å²) in [5.74, 6) is -0.359. The summed E-state index contributed by atoms with van der Waals surface area (Å²) < 4.78 is 5.42. The summed E-state index contributed by atoms with van der Waals surface area (Å²) in [5.41, 5.74) is 0.466. The van der Waals surface area contributed by atoms with Crippen LogP contribution in [0.1, 0.15) is 19.5 Å². The zero-order valence-electron chi connectivity index (χ0n) is 8.23. The lowest BCUT2D eigenvalue weighted by atomic mass is 10.2. The molecule has 1 N–H and O–H groups in total. The summed E-state index contributed by atoms with van der Waals surface area (Å²) in [6.07, 6.45) is 1.47. The van der Waals surface area contributed by atoms with Crippen LogP contribution in [0, 0.1) is 0 Å². The van der Waals surface area contributed by atoms with Gasteiger partial charge in [0.2, 0.25) is 0 Å². The van der Waals surface area contributed by atoms with Crippen molar-refractivity contribution < 1.29 is 14.6 Å². The van der Waals surface area contributed by atoms with Crippen LogP contribution in [0.3, 0.4) is 0 Å². The molecule has 0 amide bonds. The highest BCUT2D eigenvalue weighted by atomic mass is 16.5. The number of nitrogens with zero attached hydrogens (tertiary/aromatic N) is 1. The zero-order valence-corrected chi connectivity index (χ0v) is 8.23. The summed E-state index contributed by atoms with van der Waals surface area (Å²) in [6.45, 7) is 3.77. The summed E-state index contributed by atoms with van der Waals surface area (Å²) in [4.78, 5) is 14.5. The van der Waals surface area contributed by atoms with Crippen molar-refractivity contribution in [2.45, 2.75) is 26.4 Å². The lowest BCUT2D eigenvalue weighted by Gasteiger charge is -2.11. The molecule has 4 nitrogen and oxygen atoms in total. The molecule has 14 heavy (non-hydrogen) atoms. The number of carbonyl (C=O) groups is 1. The topological polar surface area (TPSA) is 59.4 Å². The highest BCUT2D eigenvalue weighted by Gasteiger charge is 2.09. The van der Waals surface area contributed by atoms with E-state index < -0.39 is 5.97 Å².